The highest BCUT2D eigenvalue weighted by Gasteiger charge is 2.53. The molecule has 1 unspecified atom stereocenters. The second-order valence-electron chi connectivity index (χ2n) is 23.1. The van der Waals surface area contributed by atoms with E-state index in [1.54, 1.807) is 18.3 Å². The lowest BCUT2D eigenvalue weighted by molar-refractivity contribution is -0.134. The number of phenols is 1. The van der Waals surface area contributed by atoms with Gasteiger partial charge in [-0.1, -0.05) is 19.9 Å². The molecule has 3 aromatic carbocycles. The lowest BCUT2D eigenvalue weighted by Crippen LogP contribution is -2.65. The Balaban J connectivity index is 0.660. The first-order valence-electron chi connectivity index (χ1n) is 26.4. The molecule has 2 N–H and O–H groups in total. The van der Waals surface area contributed by atoms with Gasteiger partial charge in [-0.05, 0) is 140 Å². The van der Waals surface area contributed by atoms with Crippen LogP contribution in [0.1, 0.15) is 108 Å². The number of amides is 2. The largest absolute Gasteiger partial charge is 0.508 e. The third kappa shape index (κ3) is 8.61. The lowest BCUT2D eigenvalue weighted by Gasteiger charge is -2.60. The van der Waals surface area contributed by atoms with Gasteiger partial charge in [-0.3, -0.25) is 24.8 Å². The second kappa shape index (κ2) is 18.1. The van der Waals surface area contributed by atoms with E-state index in [2.05, 4.69) is 36.8 Å². The van der Waals surface area contributed by atoms with Crippen LogP contribution in [0.25, 0.3) is 32.9 Å². The number of benzene rings is 3. The first-order chi connectivity index (χ1) is 34.7. The Morgan fingerprint density at radius 1 is 0.833 bits per heavy atom. The summed E-state index contributed by atoms with van der Waals surface area (Å²) in [5.41, 5.74) is 1.67. The van der Waals surface area contributed by atoms with Gasteiger partial charge >= 0.3 is 6.01 Å². The van der Waals surface area contributed by atoms with Gasteiger partial charge in [0.25, 0.3) is 0 Å². The van der Waals surface area contributed by atoms with Crippen molar-refractivity contribution in [1.29, 1.82) is 0 Å². The van der Waals surface area contributed by atoms with E-state index in [0.717, 1.165) is 97.4 Å². The lowest BCUT2D eigenvalue weighted by atomic mass is 9.65. The maximum atomic E-state index is 17.1. The standard InChI is InChI=1S/C56H64F4N8O4/c1-3-38-42(57)8-6-34-21-37(69)24-40(46(34)38)49-48(60)50-41(25-61-49)51(67-18-4-5-33(2)26-67)64-53(63-50)72-32-56(14-15-56)29-65-27-54(28-65)12-10-35(11-13-54)68-30-55(31-68)16-19-66(20-17-55)36-22-43(58)47(44(59)23-36)39-7-9-45(70)62-52(39)71/h6,8,21-25,33,35,39,69H,3-5,7,9-20,26-32H2,1-2H3,(H,62,70,71)/t33-,39?/m0/s1. The zero-order valence-electron chi connectivity index (χ0n) is 41.4. The summed E-state index contributed by atoms with van der Waals surface area (Å²) < 4.78 is 69.5. The highest BCUT2D eigenvalue weighted by molar-refractivity contribution is 6.02. The molecular weight excluding hydrogens is 925 g/mol. The van der Waals surface area contributed by atoms with Crippen LogP contribution in [0.15, 0.2) is 42.6 Å². The number of piperidine rings is 3. The molecule has 12 rings (SSSR count). The van der Waals surface area contributed by atoms with Gasteiger partial charge in [-0.2, -0.15) is 9.97 Å². The van der Waals surface area contributed by atoms with Gasteiger partial charge in [-0.15, -0.1) is 0 Å². The summed E-state index contributed by atoms with van der Waals surface area (Å²) in [5.74, 6) is -3.59. The summed E-state index contributed by atoms with van der Waals surface area (Å²) in [4.78, 5) is 47.8. The molecule has 2 saturated carbocycles. The number of nitrogens with zero attached hydrogens (tertiary/aromatic N) is 7. The smallest absolute Gasteiger partial charge is 0.319 e. The average molecular weight is 989 g/mol. The molecule has 7 aliphatic rings. The molecule has 7 fully saturated rings. The molecule has 5 aromatic rings. The SMILES string of the molecule is CCc1c(F)ccc2cc(O)cc(-c3ncc4c(N5CCC[C@H](C)C5)nc(OCC5(CN6CC7(CCC(N8CC9(CCN(c%10cc(F)c(C%11CCC(=O)NC%11=O)c(F)c%10)CC9)C8)CC7)C6)CC5)nc4c3F)c12. The third-order valence-corrected chi connectivity index (χ3v) is 18.0. The predicted molar refractivity (Wildman–Crippen MR) is 267 cm³/mol. The van der Waals surface area contributed by atoms with Crippen molar-refractivity contribution in [2.75, 3.05) is 75.3 Å². The summed E-state index contributed by atoms with van der Waals surface area (Å²) in [5, 5.41) is 14.6. The van der Waals surface area contributed by atoms with Gasteiger partial charge in [0.2, 0.25) is 11.8 Å². The number of hydrogen-bond acceptors (Lipinski definition) is 11. The Kier molecular flexibility index (Phi) is 11.9. The number of carbonyl (C=O) groups excluding carboxylic acids is 2. The van der Waals surface area contributed by atoms with Gasteiger partial charge in [-0.25, -0.2) is 17.6 Å². The van der Waals surface area contributed by atoms with Crippen molar-refractivity contribution >= 4 is 45.0 Å². The highest BCUT2D eigenvalue weighted by Crippen LogP contribution is 2.53. The minimum Gasteiger partial charge on any atom is -0.508 e. The number of nitrogens with one attached hydrogen (secondary N) is 1. The van der Waals surface area contributed by atoms with Crippen LogP contribution in [0, 0.1) is 45.4 Å². The van der Waals surface area contributed by atoms with E-state index in [1.807, 2.05) is 6.92 Å². The minimum atomic E-state index is -1.00. The summed E-state index contributed by atoms with van der Waals surface area (Å²) in [6.45, 7) is 12.8. The van der Waals surface area contributed by atoms with E-state index in [9.17, 15) is 14.7 Å². The normalized spacial score (nSPS) is 24.2. The van der Waals surface area contributed by atoms with Gasteiger partial charge in [0.15, 0.2) is 5.82 Å². The number of aromatic nitrogens is 3. The van der Waals surface area contributed by atoms with E-state index in [0.29, 0.717) is 69.2 Å². The van der Waals surface area contributed by atoms with Crippen molar-refractivity contribution in [3.63, 3.8) is 0 Å². The van der Waals surface area contributed by atoms with E-state index in [4.69, 9.17) is 14.7 Å². The van der Waals surface area contributed by atoms with Crippen LogP contribution in [-0.4, -0.2) is 113 Å². The molecule has 2 atom stereocenters. The molecule has 5 saturated heterocycles. The van der Waals surface area contributed by atoms with Crippen LogP contribution in [0.4, 0.5) is 29.1 Å². The van der Waals surface area contributed by atoms with Crippen LogP contribution in [0.5, 0.6) is 11.8 Å². The van der Waals surface area contributed by atoms with Crippen LogP contribution in [-0.2, 0) is 16.0 Å². The summed E-state index contributed by atoms with van der Waals surface area (Å²) in [6, 6.07) is 9.42. The number of likely N-dealkylation sites (tertiary alicyclic amines) is 2. The molecule has 7 heterocycles. The number of aryl methyl sites for hydroxylation is 1. The number of anilines is 2. The number of rotatable bonds is 11. The summed E-state index contributed by atoms with van der Waals surface area (Å²) in [6.07, 6.45) is 13.1. The fourth-order valence-electron chi connectivity index (χ4n) is 13.7. The van der Waals surface area contributed by atoms with Crippen molar-refractivity contribution in [3.8, 4) is 23.0 Å². The molecule has 12 nitrogen and oxygen atoms in total. The maximum Gasteiger partial charge on any atom is 0.319 e. The van der Waals surface area contributed by atoms with Gasteiger partial charge in [0, 0.05) is 99.8 Å². The molecule has 2 aromatic heterocycles. The van der Waals surface area contributed by atoms with Crippen LogP contribution >= 0.6 is 0 Å². The van der Waals surface area contributed by atoms with Crippen molar-refractivity contribution in [2.24, 2.45) is 22.2 Å². The minimum absolute atomic E-state index is 0.00891. The van der Waals surface area contributed by atoms with E-state index < -0.39 is 41.0 Å². The summed E-state index contributed by atoms with van der Waals surface area (Å²) in [7, 11) is 0. The highest BCUT2D eigenvalue weighted by atomic mass is 19.1. The molecule has 2 amide bonds. The molecule has 2 spiro atoms. The second-order valence-corrected chi connectivity index (χ2v) is 23.1. The third-order valence-electron chi connectivity index (χ3n) is 18.0. The van der Waals surface area contributed by atoms with Crippen molar-refractivity contribution in [3.05, 3.63) is 77.0 Å². The van der Waals surface area contributed by atoms with Gasteiger partial charge in [0.1, 0.15) is 40.2 Å². The first kappa shape index (κ1) is 47.4. The topological polar surface area (TPSA) is 127 Å². The number of ether oxygens (including phenoxy) is 1. The van der Waals surface area contributed by atoms with Gasteiger partial charge in [0.05, 0.1) is 17.9 Å². The molecule has 2 aliphatic carbocycles. The number of aromatic hydroxyl groups is 1. The zero-order valence-corrected chi connectivity index (χ0v) is 41.4. The fraction of sp³-hybridized carbons (Fsp3) is 0.554. The Morgan fingerprint density at radius 3 is 2.26 bits per heavy atom. The molecule has 5 aliphatic heterocycles. The molecule has 0 radical (unpaired) electrons. The van der Waals surface area contributed by atoms with E-state index >= 15 is 17.6 Å². The molecule has 0 bridgehead atoms. The molecule has 380 valence electrons. The van der Waals surface area contributed by atoms with Crippen molar-refractivity contribution in [1.82, 2.24) is 30.1 Å². The number of carbonyl (C=O) groups is 2. The van der Waals surface area contributed by atoms with E-state index in [1.165, 1.54) is 49.9 Å². The number of imide groups is 1. The van der Waals surface area contributed by atoms with Gasteiger partial charge < -0.3 is 24.5 Å². The number of fused-ring (bicyclic) bond motifs is 2. The number of pyridine rings is 1. The van der Waals surface area contributed by atoms with Crippen molar-refractivity contribution < 1.29 is 37.0 Å². The number of hydrogen-bond donors (Lipinski definition) is 2. The molecule has 72 heavy (non-hydrogen) atoms. The number of halogens is 4. The van der Waals surface area contributed by atoms with Crippen LogP contribution < -0.4 is 19.9 Å². The summed E-state index contributed by atoms with van der Waals surface area (Å²) >= 11 is 0. The predicted octanol–water partition coefficient (Wildman–Crippen LogP) is 9.43. The maximum absolute atomic E-state index is 17.1. The monoisotopic (exact) mass is 988 g/mol. The Morgan fingerprint density at radius 2 is 1.57 bits per heavy atom. The Bertz CT molecular complexity index is 2950. The number of phenolic OH excluding ortho intramolecular Hbond substituents is 1. The quantitative estimate of drug-likeness (QED) is 0.0971. The van der Waals surface area contributed by atoms with Crippen molar-refractivity contribution in [2.45, 2.75) is 109 Å². The first-order valence-corrected chi connectivity index (χ1v) is 26.4. The average Bonchev–Trinajstić information content (AvgIpc) is 4.12. The molecular formula is C56H64F4N8O4. The molecule has 16 heteroatoms. The van der Waals surface area contributed by atoms with Crippen LogP contribution in [0.3, 0.4) is 0 Å². The Hall–Kier alpha value is -5.61. The van der Waals surface area contributed by atoms with Crippen LogP contribution in [0.2, 0.25) is 0 Å². The van der Waals surface area contributed by atoms with E-state index in [-0.39, 0.29) is 52.2 Å². The fourth-order valence-corrected chi connectivity index (χ4v) is 13.7. The Labute approximate surface area is 417 Å². The zero-order chi connectivity index (χ0) is 49.7.